The third-order valence-corrected chi connectivity index (χ3v) is 13.4. The Labute approximate surface area is 253 Å². The van der Waals surface area contributed by atoms with Crippen molar-refractivity contribution in [1.82, 2.24) is 0 Å². The highest BCUT2D eigenvalue weighted by Crippen LogP contribution is 2.51. The zero-order valence-corrected chi connectivity index (χ0v) is 28.9. The van der Waals surface area contributed by atoms with Gasteiger partial charge in [0.15, 0.2) is 34.5 Å². The van der Waals surface area contributed by atoms with E-state index in [9.17, 15) is 0 Å². The number of hydrogen-bond acceptors (Lipinski definition) is 6. The van der Waals surface area contributed by atoms with E-state index < -0.39 is 0 Å². The normalized spacial score (nSPS) is 14.8. The second kappa shape index (κ2) is 14.8. The number of rotatable bonds is 15. The lowest BCUT2D eigenvalue weighted by atomic mass is 9.80. The summed E-state index contributed by atoms with van der Waals surface area (Å²) in [6.07, 6.45) is 0. The molecule has 0 saturated heterocycles. The van der Waals surface area contributed by atoms with Gasteiger partial charge in [0.1, 0.15) is 0 Å². The molecule has 0 aliphatic rings. The van der Waals surface area contributed by atoms with E-state index in [-0.39, 0.29) is 5.41 Å². The van der Waals surface area contributed by atoms with Crippen LogP contribution >= 0.6 is 0 Å². The van der Waals surface area contributed by atoms with Crippen molar-refractivity contribution in [2.45, 2.75) is 44.3 Å². The van der Waals surface area contributed by atoms with E-state index in [1.165, 1.54) is 15.6 Å². The van der Waals surface area contributed by atoms with Crippen LogP contribution in [0.1, 0.15) is 27.7 Å². The maximum absolute atomic E-state index is 5.83. The zero-order chi connectivity index (χ0) is 30.2. The molecule has 3 aromatic carbocycles. The molecule has 6 radical (unpaired) electrons. The molecule has 3 rings (SSSR count). The van der Waals surface area contributed by atoms with E-state index in [4.69, 9.17) is 28.4 Å². The van der Waals surface area contributed by atoms with Crippen molar-refractivity contribution < 1.29 is 28.4 Å². The van der Waals surface area contributed by atoms with E-state index >= 15 is 0 Å². The monoisotopic (exact) mass is 606 g/mol. The van der Waals surface area contributed by atoms with Crippen LogP contribution in [0.3, 0.4) is 0 Å². The third kappa shape index (κ3) is 6.95. The van der Waals surface area contributed by atoms with Gasteiger partial charge in [0.2, 0.25) is 0 Å². The number of methoxy groups -OCH3 is 6. The Morgan fingerprint density at radius 2 is 0.732 bits per heavy atom. The molecular formula is C32H42O6Si3. The first-order valence-electron chi connectivity index (χ1n) is 13.6. The highest BCUT2D eigenvalue weighted by Gasteiger charge is 2.43. The molecule has 0 aliphatic heterocycles. The average molecular weight is 607 g/mol. The fraction of sp³-hybridized carbons (Fsp3) is 0.438. The minimum absolute atomic E-state index is 0.0639. The Bertz CT molecular complexity index is 1130. The summed E-state index contributed by atoms with van der Waals surface area (Å²) < 4.78 is 34.4. The summed E-state index contributed by atoms with van der Waals surface area (Å²) in [5.74, 6) is 4.74. The first-order valence-corrected chi connectivity index (χ1v) is 16.9. The van der Waals surface area contributed by atoms with Gasteiger partial charge in [0.25, 0.3) is 0 Å². The van der Waals surface area contributed by atoms with E-state index in [2.05, 4.69) is 45.9 Å². The van der Waals surface area contributed by atoms with Gasteiger partial charge >= 0.3 is 0 Å². The quantitative estimate of drug-likeness (QED) is 0.237. The molecule has 9 heteroatoms. The second-order valence-corrected chi connectivity index (χ2v) is 15.2. The van der Waals surface area contributed by atoms with Gasteiger partial charge in [0.05, 0.1) is 71.2 Å². The minimum Gasteiger partial charge on any atom is -0.493 e. The molecule has 218 valence electrons. The zero-order valence-electron chi connectivity index (χ0n) is 25.9. The number of ether oxygens (including phenoxy) is 6. The lowest BCUT2D eigenvalue weighted by Gasteiger charge is -2.46. The van der Waals surface area contributed by atoms with Crippen molar-refractivity contribution >= 4 is 44.1 Å². The maximum Gasteiger partial charge on any atom is 0.160 e. The van der Waals surface area contributed by atoms with E-state index in [1.807, 2.05) is 36.4 Å². The largest absolute Gasteiger partial charge is 0.493 e. The van der Waals surface area contributed by atoms with Crippen LogP contribution in [0.4, 0.5) is 0 Å². The molecule has 0 aromatic heterocycles. The lowest BCUT2D eigenvalue weighted by Crippen LogP contribution is -2.43. The van der Waals surface area contributed by atoms with E-state index in [0.717, 1.165) is 34.5 Å². The number of para-hydroxylation sites is 3. The van der Waals surface area contributed by atoms with Gasteiger partial charge in [-0.25, -0.2) is 0 Å². The molecule has 0 amide bonds. The van der Waals surface area contributed by atoms with Crippen LogP contribution in [-0.2, 0) is 0 Å². The van der Waals surface area contributed by atoms with E-state index in [0.29, 0.717) is 45.2 Å². The molecule has 3 aromatic rings. The van der Waals surface area contributed by atoms with Crippen molar-refractivity contribution in [2.75, 3.05) is 42.7 Å². The lowest BCUT2D eigenvalue weighted by molar-refractivity contribution is 0.284. The van der Waals surface area contributed by atoms with Crippen molar-refractivity contribution in [3.05, 3.63) is 54.6 Å². The molecule has 3 atom stereocenters. The van der Waals surface area contributed by atoms with Crippen molar-refractivity contribution in [3.8, 4) is 34.5 Å². The summed E-state index contributed by atoms with van der Waals surface area (Å²) in [6, 6.07) is 18.5. The molecule has 0 heterocycles. The van der Waals surface area contributed by atoms with Crippen LogP contribution in [0.15, 0.2) is 54.6 Å². The van der Waals surface area contributed by atoms with Crippen molar-refractivity contribution in [1.29, 1.82) is 0 Å². The van der Waals surface area contributed by atoms with Crippen LogP contribution in [0.2, 0.25) is 16.6 Å². The Kier molecular flexibility index (Phi) is 11.8. The van der Waals surface area contributed by atoms with Gasteiger partial charge in [-0.15, -0.1) is 0 Å². The summed E-state index contributed by atoms with van der Waals surface area (Å²) in [6.45, 7) is 9.59. The molecule has 0 fully saturated rings. The van der Waals surface area contributed by atoms with Gasteiger partial charge in [-0.3, -0.25) is 0 Å². The summed E-state index contributed by atoms with van der Waals surface area (Å²) in [5, 5.41) is 3.53. The Morgan fingerprint density at radius 1 is 0.463 bits per heavy atom. The average Bonchev–Trinajstić information content (AvgIpc) is 2.99. The predicted molar refractivity (Wildman–Crippen MR) is 171 cm³/mol. The molecule has 0 aliphatic carbocycles. The fourth-order valence-electron chi connectivity index (χ4n) is 5.29. The third-order valence-electron chi connectivity index (χ3n) is 8.12. The second-order valence-electron chi connectivity index (χ2n) is 10.1. The molecule has 0 bridgehead atoms. The first-order chi connectivity index (χ1) is 19.7. The SMILES string of the molecule is COc1cccc([Si]C(C)C(C)(C(C)[Si]c2cccc(OC)c2OC)C(C)[Si]c2cccc(OC)c2OC)c1OC. The topological polar surface area (TPSA) is 55.4 Å². The fourth-order valence-corrected chi connectivity index (χ4v) is 11.3. The highest BCUT2D eigenvalue weighted by molar-refractivity contribution is 6.60. The van der Waals surface area contributed by atoms with Gasteiger partial charge in [-0.05, 0) is 55.8 Å². The summed E-state index contributed by atoms with van der Waals surface area (Å²) >= 11 is 0. The standard InChI is InChI=1S/C32H42O6Si3/c1-20(39-26-17-11-14-23(33-5)29(26)36-8)32(4,21(2)40-27-18-12-15-24(34-6)30(27)37-9)22(3)41-28-19-13-16-25(35-7)31(28)38-10/h11-22H,1-10H3. The molecule has 0 spiro atoms. The molecule has 6 nitrogen and oxygen atoms in total. The van der Waals surface area contributed by atoms with Crippen molar-refractivity contribution in [3.63, 3.8) is 0 Å². The summed E-state index contributed by atoms with van der Waals surface area (Å²) in [5.41, 5.74) is 0.941. The summed E-state index contributed by atoms with van der Waals surface area (Å²) in [7, 11) is 11.8. The van der Waals surface area contributed by atoms with Crippen molar-refractivity contribution in [2.24, 2.45) is 5.41 Å². The van der Waals surface area contributed by atoms with Gasteiger partial charge in [0, 0.05) is 0 Å². The summed E-state index contributed by atoms with van der Waals surface area (Å²) in [4.78, 5) is 0. The Hall–Kier alpha value is -2.89. The van der Waals surface area contributed by atoms with Gasteiger partial charge in [-0.2, -0.15) is 0 Å². The molecular weight excluding hydrogens is 565 g/mol. The van der Waals surface area contributed by atoms with Crippen LogP contribution in [0.5, 0.6) is 34.5 Å². The molecule has 0 saturated carbocycles. The number of benzene rings is 3. The van der Waals surface area contributed by atoms with Crippen LogP contribution in [0, 0.1) is 5.41 Å². The van der Waals surface area contributed by atoms with E-state index in [1.54, 1.807) is 42.7 Å². The maximum atomic E-state index is 5.83. The van der Waals surface area contributed by atoms with Crippen LogP contribution < -0.4 is 44.0 Å². The van der Waals surface area contributed by atoms with Crippen LogP contribution in [0.25, 0.3) is 0 Å². The van der Waals surface area contributed by atoms with Gasteiger partial charge in [-0.1, -0.05) is 64.1 Å². The molecule has 0 N–H and O–H groups in total. The Balaban J connectivity index is 2.06. The minimum atomic E-state index is -0.0639. The first kappa shape index (κ1) is 32.6. The predicted octanol–water partition coefficient (Wildman–Crippen LogP) is 4.56. The Morgan fingerprint density at radius 3 is 0.951 bits per heavy atom. The number of hydrogen-bond donors (Lipinski definition) is 0. The smallest absolute Gasteiger partial charge is 0.160 e. The molecule has 3 unspecified atom stereocenters. The van der Waals surface area contributed by atoms with Gasteiger partial charge < -0.3 is 28.4 Å². The molecule has 41 heavy (non-hydrogen) atoms. The highest BCUT2D eigenvalue weighted by atomic mass is 28.2. The van der Waals surface area contributed by atoms with Crippen LogP contribution in [-0.4, -0.2) is 71.2 Å².